The number of tetrazole rings is 1. The van der Waals surface area contributed by atoms with Crippen molar-refractivity contribution >= 4 is 28.3 Å². The summed E-state index contributed by atoms with van der Waals surface area (Å²) in [4.78, 5) is 9.54. The molecule has 1 aliphatic heterocycles. The van der Waals surface area contributed by atoms with E-state index < -0.39 is 0 Å². The summed E-state index contributed by atoms with van der Waals surface area (Å²) in [7, 11) is 0. The standard InChI is InChI=1S/C22H21N9/c1-16-15-20-23-21(18-9-5-6-10-19(18)31(20)25-16)28-11-13-29(14-12-28)22-24-26-27-30(22)17-7-3-2-4-8-17/h2-10,15H,11-14H2,1H3. The van der Waals surface area contributed by atoms with Crippen LogP contribution in [0, 0.1) is 6.92 Å². The van der Waals surface area contributed by atoms with Gasteiger partial charge in [0.15, 0.2) is 5.65 Å². The maximum atomic E-state index is 4.96. The van der Waals surface area contributed by atoms with Gasteiger partial charge in [0.25, 0.3) is 0 Å². The first-order valence-corrected chi connectivity index (χ1v) is 10.4. The van der Waals surface area contributed by atoms with Crippen LogP contribution in [0.1, 0.15) is 5.69 Å². The predicted octanol–water partition coefficient (Wildman–Crippen LogP) is 2.49. The van der Waals surface area contributed by atoms with E-state index >= 15 is 0 Å². The molecule has 1 fully saturated rings. The number of aromatic nitrogens is 7. The lowest BCUT2D eigenvalue weighted by Gasteiger charge is -2.36. The molecule has 2 aromatic carbocycles. The zero-order valence-corrected chi connectivity index (χ0v) is 17.1. The fourth-order valence-electron chi connectivity index (χ4n) is 4.23. The second-order valence-corrected chi connectivity index (χ2v) is 7.71. The normalized spacial score (nSPS) is 14.6. The Morgan fingerprint density at radius 1 is 0.839 bits per heavy atom. The molecule has 0 aliphatic carbocycles. The molecule has 5 aromatic rings. The first-order valence-electron chi connectivity index (χ1n) is 10.4. The van der Waals surface area contributed by atoms with Crippen molar-refractivity contribution in [1.29, 1.82) is 0 Å². The Hall–Kier alpha value is -4.01. The number of para-hydroxylation sites is 2. The molecule has 0 spiro atoms. The first kappa shape index (κ1) is 17.8. The molecule has 0 N–H and O–H groups in total. The second kappa shape index (κ2) is 7.05. The van der Waals surface area contributed by atoms with Crippen molar-refractivity contribution in [1.82, 2.24) is 34.8 Å². The molecule has 0 radical (unpaired) electrons. The van der Waals surface area contributed by atoms with E-state index in [1.165, 1.54) is 0 Å². The number of hydrogen-bond donors (Lipinski definition) is 0. The number of aryl methyl sites for hydroxylation is 1. The van der Waals surface area contributed by atoms with Gasteiger partial charge in [0.1, 0.15) is 5.82 Å². The third-order valence-corrected chi connectivity index (χ3v) is 5.72. The van der Waals surface area contributed by atoms with Gasteiger partial charge in [0.2, 0.25) is 5.95 Å². The fraction of sp³-hybridized carbons (Fsp3) is 0.227. The Kier molecular flexibility index (Phi) is 4.05. The molecule has 4 heterocycles. The lowest BCUT2D eigenvalue weighted by atomic mass is 10.2. The van der Waals surface area contributed by atoms with Crippen molar-refractivity contribution in [3.8, 4) is 5.69 Å². The fourth-order valence-corrected chi connectivity index (χ4v) is 4.23. The summed E-state index contributed by atoms with van der Waals surface area (Å²) >= 11 is 0. The van der Waals surface area contributed by atoms with Crippen LogP contribution in [0.25, 0.3) is 22.2 Å². The van der Waals surface area contributed by atoms with Gasteiger partial charge in [-0.05, 0) is 41.6 Å². The van der Waals surface area contributed by atoms with E-state index in [0.717, 1.165) is 65.9 Å². The quantitative estimate of drug-likeness (QED) is 0.451. The van der Waals surface area contributed by atoms with Crippen molar-refractivity contribution in [3.05, 3.63) is 66.4 Å². The number of nitrogens with zero attached hydrogens (tertiary/aromatic N) is 9. The number of anilines is 2. The summed E-state index contributed by atoms with van der Waals surface area (Å²) in [5, 5.41) is 18.1. The molecule has 154 valence electrons. The van der Waals surface area contributed by atoms with Gasteiger partial charge in [0.05, 0.1) is 16.9 Å². The molecule has 1 aliphatic rings. The van der Waals surface area contributed by atoms with Crippen LogP contribution < -0.4 is 9.80 Å². The molecule has 6 rings (SSSR count). The minimum atomic E-state index is 0.769. The van der Waals surface area contributed by atoms with Gasteiger partial charge in [-0.3, -0.25) is 0 Å². The van der Waals surface area contributed by atoms with Crippen molar-refractivity contribution in [2.45, 2.75) is 6.92 Å². The van der Waals surface area contributed by atoms with Gasteiger partial charge in [-0.2, -0.15) is 9.78 Å². The Labute approximate surface area is 178 Å². The summed E-state index contributed by atoms with van der Waals surface area (Å²) in [6.07, 6.45) is 0. The van der Waals surface area contributed by atoms with Crippen LogP contribution in [0.15, 0.2) is 60.7 Å². The molecule has 31 heavy (non-hydrogen) atoms. The number of rotatable bonds is 3. The third kappa shape index (κ3) is 2.97. The van der Waals surface area contributed by atoms with Gasteiger partial charge in [-0.1, -0.05) is 35.4 Å². The monoisotopic (exact) mass is 411 g/mol. The van der Waals surface area contributed by atoms with E-state index in [2.05, 4.69) is 48.6 Å². The molecule has 0 unspecified atom stereocenters. The average molecular weight is 411 g/mol. The minimum absolute atomic E-state index is 0.769. The van der Waals surface area contributed by atoms with Gasteiger partial charge in [-0.15, -0.1) is 0 Å². The van der Waals surface area contributed by atoms with Gasteiger partial charge in [0, 0.05) is 37.6 Å². The highest BCUT2D eigenvalue weighted by molar-refractivity contribution is 5.91. The second-order valence-electron chi connectivity index (χ2n) is 7.71. The topological polar surface area (TPSA) is 80.3 Å². The highest BCUT2D eigenvalue weighted by Crippen LogP contribution is 2.28. The van der Waals surface area contributed by atoms with Crippen LogP contribution in [0.4, 0.5) is 11.8 Å². The molecule has 0 bridgehead atoms. The predicted molar refractivity (Wildman–Crippen MR) is 119 cm³/mol. The third-order valence-electron chi connectivity index (χ3n) is 5.72. The molecule has 0 amide bonds. The highest BCUT2D eigenvalue weighted by atomic mass is 15.6. The highest BCUT2D eigenvalue weighted by Gasteiger charge is 2.24. The SMILES string of the molecule is Cc1cc2nc(N3CCN(c4nnnn4-c4ccccc4)CC3)c3ccccc3n2n1. The van der Waals surface area contributed by atoms with Crippen molar-refractivity contribution in [2.75, 3.05) is 36.0 Å². The lowest BCUT2D eigenvalue weighted by Crippen LogP contribution is -2.47. The molecule has 9 heteroatoms. The summed E-state index contributed by atoms with van der Waals surface area (Å²) in [5.41, 5.74) is 3.87. The van der Waals surface area contributed by atoms with E-state index in [1.807, 2.05) is 53.9 Å². The van der Waals surface area contributed by atoms with Crippen LogP contribution in [0.3, 0.4) is 0 Å². The van der Waals surface area contributed by atoms with E-state index in [9.17, 15) is 0 Å². The zero-order valence-electron chi connectivity index (χ0n) is 17.1. The van der Waals surface area contributed by atoms with Crippen LogP contribution in [-0.4, -0.2) is 61.0 Å². The van der Waals surface area contributed by atoms with Crippen molar-refractivity contribution in [2.24, 2.45) is 0 Å². The van der Waals surface area contributed by atoms with Gasteiger partial charge < -0.3 is 9.80 Å². The Balaban J connectivity index is 1.31. The van der Waals surface area contributed by atoms with E-state index in [4.69, 9.17) is 4.98 Å². The summed E-state index contributed by atoms with van der Waals surface area (Å²) in [6.45, 7) is 5.29. The number of piperazine rings is 1. The Bertz CT molecular complexity index is 1360. The molecular weight excluding hydrogens is 390 g/mol. The van der Waals surface area contributed by atoms with E-state index in [-0.39, 0.29) is 0 Å². The smallest absolute Gasteiger partial charge is 0.250 e. The Morgan fingerprint density at radius 2 is 1.58 bits per heavy atom. The maximum Gasteiger partial charge on any atom is 0.250 e. The van der Waals surface area contributed by atoms with Gasteiger partial charge >= 0.3 is 0 Å². The van der Waals surface area contributed by atoms with Crippen LogP contribution in [0.2, 0.25) is 0 Å². The summed E-state index contributed by atoms with van der Waals surface area (Å²) < 4.78 is 3.73. The van der Waals surface area contributed by atoms with E-state index in [0.29, 0.717) is 0 Å². The first-order chi connectivity index (χ1) is 15.3. The van der Waals surface area contributed by atoms with Crippen LogP contribution in [-0.2, 0) is 0 Å². The number of fused-ring (bicyclic) bond motifs is 3. The summed E-state index contributed by atoms with van der Waals surface area (Å²) in [5.74, 6) is 1.77. The molecule has 9 nitrogen and oxygen atoms in total. The molecular formula is C22H21N9. The number of hydrogen-bond acceptors (Lipinski definition) is 7. The maximum absolute atomic E-state index is 4.96. The molecule has 3 aromatic heterocycles. The van der Waals surface area contributed by atoms with Crippen molar-refractivity contribution in [3.63, 3.8) is 0 Å². The summed E-state index contributed by atoms with van der Waals surface area (Å²) in [6, 6.07) is 20.3. The lowest BCUT2D eigenvalue weighted by molar-refractivity contribution is 0.628. The molecule has 1 saturated heterocycles. The van der Waals surface area contributed by atoms with Crippen LogP contribution in [0.5, 0.6) is 0 Å². The van der Waals surface area contributed by atoms with Crippen molar-refractivity contribution < 1.29 is 0 Å². The van der Waals surface area contributed by atoms with Gasteiger partial charge in [-0.25, -0.2) is 9.50 Å². The minimum Gasteiger partial charge on any atom is -0.352 e. The number of benzene rings is 2. The molecule has 0 saturated carbocycles. The van der Waals surface area contributed by atoms with Crippen LogP contribution >= 0.6 is 0 Å². The van der Waals surface area contributed by atoms with E-state index in [1.54, 1.807) is 4.68 Å². The Morgan fingerprint density at radius 3 is 2.42 bits per heavy atom. The zero-order chi connectivity index (χ0) is 20.8. The largest absolute Gasteiger partial charge is 0.352 e. The molecule has 0 atom stereocenters. The average Bonchev–Trinajstić information content (AvgIpc) is 3.46.